The molecule has 2 heterocycles. The summed E-state index contributed by atoms with van der Waals surface area (Å²) in [5.74, 6) is 2.72. The van der Waals surface area contributed by atoms with Crippen LogP contribution in [0.3, 0.4) is 0 Å². The van der Waals surface area contributed by atoms with Gasteiger partial charge in [-0.25, -0.2) is 9.98 Å². The molecule has 2 aromatic rings. The lowest BCUT2D eigenvalue weighted by molar-refractivity contribution is 0.288. The van der Waals surface area contributed by atoms with Crippen LogP contribution < -0.4 is 15.4 Å². The van der Waals surface area contributed by atoms with Gasteiger partial charge in [0, 0.05) is 25.4 Å². The van der Waals surface area contributed by atoms with E-state index in [0.29, 0.717) is 18.3 Å². The van der Waals surface area contributed by atoms with E-state index in [-0.39, 0.29) is 24.0 Å². The predicted molar refractivity (Wildman–Crippen MR) is 123 cm³/mol. The molecule has 1 aliphatic carbocycles. The molecule has 0 aliphatic heterocycles. The molecule has 1 atom stereocenters. The SMILES string of the molecule is CCNC(=NCc1ccnc(OCC2CC2)c1)NCC(C)c1ccsc1.I. The van der Waals surface area contributed by atoms with E-state index < -0.39 is 0 Å². The Hall–Kier alpha value is -1.35. The number of pyridine rings is 1. The van der Waals surface area contributed by atoms with Crippen LogP contribution in [-0.4, -0.2) is 30.6 Å². The van der Waals surface area contributed by atoms with Crippen molar-refractivity contribution in [2.45, 2.75) is 39.2 Å². The zero-order chi connectivity index (χ0) is 18.2. The number of thiophene rings is 1. The fraction of sp³-hybridized carbons (Fsp3) is 0.500. The van der Waals surface area contributed by atoms with E-state index in [4.69, 9.17) is 9.73 Å². The molecule has 148 valence electrons. The first kappa shape index (κ1) is 21.9. The summed E-state index contributed by atoms with van der Waals surface area (Å²) in [6, 6.07) is 6.16. The van der Waals surface area contributed by atoms with Gasteiger partial charge in [0.1, 0.15) is 0 Å². The third-order valence-electron chi connectivity index (χ3n) is 4.41. The van der Waals surface area contributed by atoms with Crippen molar-refractivity contribution in [3.05, 3.63) is 46.3 Å². The molecular weight excluding hydrogens is 471 g/mol. The largest absolute Gasteiger partial charge is 0.477 e. The molecule has 1 fully saturated rings. The van der Waals surface area contributed by atoms with Crippen LogP contribution in [0, 0.1) is 5.92 Å². The van der Waals surface area contributed by atoms with Crippen LogP contribution in [0.5, 0.6) is 5.88 Å². The minimum atomic E-state index is 0. The lowest BCUT2D eigenvalue weighted by Gasteiger charge is -2.15. The number of ether oxygens (including phenoxy) is 1. The van der Waals surface area contributed by atoms with Gasteiger partial charge in [0.05, 0.1) is 13.2 Å². The van der Waals surface area contributed by atoms with Gasteiger partial charge in [0.15, 0.2) is 5.96 Å². The van der Waals surface area contributed by atoms with Crippen LogP contribution >= 0.6 is 35.3 Å². The highest BCUT2D eigenvalue weighted by Gasteiger charge is 2.22. The zero-order valence-electron chi connectivity index (χ0n) is 16.0. The highest BCUT2D eigenvalue weighted by atomic mass is 127. The van der Waals surface area contributed by atoms with Gasteiger partial charge >= 0.3 is 0 Å². The Bertz CT molecular complexity index is 704. The molecule has 0 radical (unpaired) electrons. The number of nitrogens with zero attached hydrogens (tertiary/aromatic N) is 2. The third-order valence-corrected chi connectivity index (χ3v) is 5.12. The summed E-state index contributed by atoms with van der Waals surface area (Å²) in [6.07, 6.45) is 4.36. The molecule has 3 rings (SSSR count). The maximum atomic E-state index is 5.76. The first-order chi connectivity index (χ1) is 12.7. The summed E-state index contributed by atoms with van der Waals surface area (Å²) in [5, 5.41) is 11.1. The first-order valence-corrected chi connectivity index (χ1v) is 10.3. The van der Waals surface area contributed by atoms with Gasteiger partial charge in [-0.15, -0.1) is 24.0 Å². The Morgan fingerprint density at radius 3 is 2.93 bits per heavy atom. The van der Waals surface area contributed by atoms with Gasteiger partial charge in [-0.1, -0.05) is 6.92 Å². The molecule has 0 spiro atoms. The Balaban J connectivity index is 0.00000261. The number of hydrogen-bond donors (Lipinski definition) is 2. The molecule has 2 aromatic heterocycles. The lowest BCUT2D eigenvalue weighted by Crippen LogP contribution is -2.39. The number of nitrogens with one attached hydrogen (secondary N) is 2. The average Bonchev–Trinajstić information content (AvgIpc) is 3.33. The van der Waals surface area contributed by atoms with Crippen LogP contribution in [-0.2, 0) is 6.54 Å². The van der Waals surface area contributed by atoms with Crippen LogP contribution in [0.25, 0.3) is 0 Å². The quantitative estimate of drug-likeness (QED) is 0.304. The van der Waals surface area contributed by atoms with Gasteiger partial charge in [-0.05, 0) is 65.6 Å². The highest BCUT2D eigenvalue weighted by Crippen LogP contribution is 2.29. The van der Waals surface area contributed by atoms with E-state index in [9.17, 15) is 0 Å². The van der Waals surface area contributed by atoms with Crippen molar-refractivity contribution in [3.8, 4) is 5.88 Å². The minimum absolute atomic E-state index is 0. The topological polar surface area (TPSA) is 58.5 Å². The Kier molecular flexibility index (Phi) is 9.33. The zero-order valence-corrected chi connectivity index (χ0v) is 19.1. The second-order valence-corrected chi connectivity index (χ2v) is 7.57. The molecule has 5 nitrogen and oxygen atoms in total. The molecule has 1 unspecified atom stereocenters. The number of halogens is 1. The molecule has 7 heteroatoms. The molecule has 1 saturated carbocycles. The number of aromatic nitrogens is 1. The van der Waals surface area contributed by atoms with E-state index in [1.807, 2.05) is 12.1 Å². The van der Waals surface area contributed by atoms with Gasteiger partial charge in [0.2, 0.25) is 5.88 Å². The number of rotatable bonds is 9. The standard InChI is InChI=1S/C20H28N4OS.HI/c1-3-21-20(23-11-15(2)18-7-9-26-14-18)24-12-17-6-8-22-19(10-17)25-13-16-4-5-16;/h6-10,14-16H,3-5,11-13H2,1-2H3,(H2,21,23,24);1H. The summed E-state index contributed by atoms with van der Waals surface area (Å²) < 4.78 is 5.76. The smallest absolute Gasteiger partial charge is 0.213 e. The molecular formula is C20H29IN4OS. The van der Waals surface area contributed by atoms with Crippen LogP contribution in [0.4, 0.5) is 0 Å². The lowest BCUT2D eigenvalue weighted by atomic mass is 10.1. The third kappa shape index (κ3) is 7.65. The summed E-state index contributed by atoms with van der Waals surface area (Å²) in [7, 11) is 0. The van der Waals surface area contributed by atoms with E-state index in [0.717, 1.165) is 37.1 Å². The molecule has 1 aliphatic rings. The fourth-order valence-electron chi connectivity index (χ4n) is 2.55. The molecule has 2 N–H and O–H groups in total. The number of guanidine groups is 1. The predicted octanol–water partition coefficient (Wildman–Crippen LogP) is 4.41. The molecule has 27 heavy (non-hydrogen) atoms. The second kappa shape index (κ2) is 11.5. The summed E-state index contributed by atoms with van der Waals surface area (Å²) >= 11 is 1.74. The molecule has 0 amide bonds. The van der Waals surface area contributed by atoms with Crippen LogP contribution in [0.2, 0.25) is 0 Å². The van der Waals surface area contributed by atoms with Gasteiger partial charge < -0.3 is 15.4 Å². The maximum absolute atomic E-state index is 5.76. The fourth-order valence-corrected chi connectivity index (χ4v) is 3.33. The molecule has 0 saturated heterocycles. The van der Waals surface area contributed by atoms with Gasteiger partial charge in [-0.3, -0.25) is 0 Å². The van der Waals surface area contributed by atoms with Crippen molar-refractivity contribution in [2.24, 2.45) is 10.9 Å². The Labute approximate surface area is 183 Å². The van der Waals surface area contributed by atoms with Crippen molar-refractivity contribution in [2.75, 3.05) is 19.7 Å². The van der Waals surface area contributed by atoms with Gasteiger partial charge in [-0.2, -0.15) is 11.3 Å². The van der Waals surface area contributed by atoms with E-state index >= 15 is 0 Å². The summed E-state index contributed by atoms with van der Waals surface area (Å²) in [5.41, 5.74) is 2.47. The monoisotopic (exact) mass is 500 g/mol. The highest BCUT2D eigenvalue weighted by molar-refractivity contribution is 14.0. The average molecular weight is 500 g/mol. The second-order valence-electron chi connectivity index (χ2n) is 6.79. The van der Waals surface area contributed by atoms with E-state index in [2.05, 4.69) is 46.3 Å². The van der Waals surface area contributed by atoms with Crippen molar-refractivity contribution >= 4 is 41.3 Å². The summed E-state index contributed by atoms with van der Waals surface area (Å²) in [4.78, 5) is 8.99. The number of hydrogen-bond acceptors (Lipinski definition) is 4. The van der Waals surface area contributed by atoms with Crippen molar-refractivity contribution in [3.63, 3.8) is 0 Å². The maximum Gasteiger partial charge on any atom is 0.213 e. The normalized spacial score (nSPS) is 15.0. The van der Waals surface area contributed by atoms with E-state index in [1.54, 1.807) is 17.5 Å². The van der Waals surface area contributed by atoms with Gasteiger partial charge in [0.25, 0.3) is 0 Å². The van der Waals surface area contributed by atoms with Crippen LogP contribution in [0.15, 0.2) is 40.1 Å². The Morgan fingerprint density at radius 2 is 2.22 bits per heavy atom. The number of aliphatic imine (C=N–C) groups is 1. The minimum Gasteiger partial charge on any atom is -0.477 e. The van der Waals surface area contributed by atoms with Crippen molar-refractivity contribution in [1.82, 2.24) is 15.6 Å². The Morgan fingerprint density at radius 1 is 1.37 bits per heavy atom. The van der Waals surface area contributed by atoms with E-state index in [1.165, 1.54) is 18.4 Å². The van der Waals surface area contributed by atoms with Crippen LogP contribution in [0.1, 0.15) is 43.7 Å². The van der Waals surface area contributed by atoms with Crippen molar-refractivity contribution in [1.29, 1.82) is 0 Å². The van der Waals surface area contributed by atoms with Crippen molar-refractivity contribution < 1.29 is 4.74 Å². The molecule has 0 bridgehead atoms. The first-order valence-electron chi connectivity index (χ1n) is 9.36. The molecule has 0 aromatic carbocycles. The summed E-state index contributed by atoms with van der Waals surface area (Å²) in [6.45, 7) is 7.38.